The van der Waals surface area contributed by atoms with Crippen LogP contribution in [0.2, 0.25) is 0 Å². The predicted octanol–water partition coefficient (Wildman–Crippen LogP) is 3.44. The zero-order valence-corrected chi connectivity index (χ0v) is 15.0. The molecule has 7 heteroatoms. The Morgan fingerprint density at radius 1 is 1.00 bits per heavy atom. The maximum Gasteiger partial charge on any atom is 0.296 e. The fourth-order valence-corrected chi connectivity index (χ4v) is 3.16. The summed E-state index contributed by atoms with van der Waals surface area (Å²) in [4.78, 5) is 12.3. The van der Waals surface area contributed by atoms with E-state index in [1.807, 2.05) is 12.1 Å². The molecule has 25 heavy (non-hydrogen) atoms. The van der Waals surface area contributed by atoms with Gasteiger partial charge in [0.2, 0.25) is 0 Å². The van der Waals surface area contributed by atoms with E-state index < -0.39 is 10.1 Å². The molecule has 136 valence electrons. The van der Waals surface area contributed by atoms with E-state index >= 15 is 0 Å². The molecular weight excluding hydrogens is 342 g/mol. The first-order chi connectivity index (χ1) is 11.5. The summed E-state index contributed by atoms with van der Waals surface area (Å²) in [5.41, 5.74) is 2.27. The highest BCUT2D eigenvalue weighted by molar-refractivity contribution is 7.86. The summed E-state index contributed by atoms with van der Waals surface area (Å²) >= 11 is 0. The molecule has 1 amide bonds. The average Bonchev–Trinajstić information content (AvgIpc) is 2.56. The first kappa shape index (κ1) is 20.8. The van der Waals surface area contributed by atoms with Gasteiger partial charge in [-0.2, -0.15) is 8.42 Å². The number of hydrogen-bond donors (Lipinski definition) is 1. The number of hydrogen-bond acceptors (Lipinski definition) is 5. The first-order valence-corrected chi connectivity index (χ1v) is 9.27. The van der Waals surface area contributed by atoms with Gasteiger partial charge in [-0.25, -0.2) is 0 Å². The normalized spacial score (nSPS) is 10.8. The summed E-state index contributed by atoms with van der Waals surface area (Å²) in [6, 6.07) is 13.3. The van der Waals surface area contributed by atoms with E-state index in [4.69, 9.17) is 4.18 Å². The molecule has 0 spiro atoms. The second-order valence-corrected chi connectivity index (χ2v) is 6.90. The lowest BCUT2D eigenvalue weighted by molar-refractivity contribution is 0.102. The minimum atomic E-state index is -3.73. The van der Waals surface area contributed by atoms with Crippen LogP contribution in [0.3, 0.4) is 0 Å². The van der Waals surface area contributed by atoms with Crippen molar-refractivity contribution in [3.05, 3.63) is 59.7 Å². The standard InChI is InChI=1S/C18H21NO4S.H2O/c1-3-5-14-6-8-15(9-7-14)18(20)19-16-10-12-17(13-11-16)24(21,22)23-4-2;/h6-13H,3-5H2,1-2H3,(H,19,20);1H2/p-1. The van der Waals surface area contributed by atoms with Crippen LogP contribution in [0.4, 0.5) is 5.69 Å². The molecule has 0 aromatic heterocycles. The van der Waals surface area contributed by atoms with Gasteiger partial charge in [-0.05, 0) is 55.3 Å². The molecule has 2 rings (SSSR count). The molecule has 0 radical (unpaired) electrons. The van der Waals surface area contributed by atoms with E-state index in [2.05, 4.69) is 12.2 Å². The molecule has 2 N–H and O–H groups in total. The molecule has 0 heterocycles. The number of amides is 1. The van der Waals surface area contributed by atoms with Crippen LogP contribution in [0.5, 0.6) is 0 Å². The summed E-state index contributed by atoms with van der Waals surface area (Å²) < 4.78 is 28.2. The third-order valence-corrected chi connectivity index (χ3v) is 4.82. The van der Waals surface area contributed by atoms with E-state index in [0.29, 0.717) is 11.3 Å². The maximum absolute atomic E-state index is 12.2. The van der Waals surface area contributed by atoms with Crippen molar-refractivity contribution in [3.8, 4) is 0 Å². The Morgan fingerprint density at radius 3 is 2.12 bits per heavy atom. The Balaban J connectivity index is 0.00000312. The fourth-order valence-electron chi connectivity index (χ4n) is 2.24. The summed E-state index contributed by atoms with van der Waals surface area (Å²) in [5, 5.41) is 2.75. The smallest absolute Gasteiger partial charge is 0.296 e. The van der Waals surface area contributed by atoms with Gasteiger partial charge in [-0.3, -0.25) is 8.98 Å². The number of benzene rings is 2. The van der Waals surface area contributed by atoms with Crippen molar-refractivity contribution in [2.45, 2.75) is 31.6 Å². The molecule has 0 bridgehead atoms. The summed E-state index contributed by atoms with van der Waals surface area (Å²) in [5.74, 6) is -0.238. The molecular formula is C18H22NO5S-. The lowest BCUT2D eigenvalue weighted by Crippen LogP contribution is -2.12. The summed E-state index contributed by atoms with van der Waals surface area (Å²) in [6.07, 6.45) is 2.04. The molecule has 2 aromatic rings. The van der Waals surface area contributed by atoms with E-state index in [-0.39, 0.29) is 22.9 Å². The Labute approximate surface area is 148 Å². The van der Waals surface area contributed by atoms with Crippen LogP contribution in [0.15, 0.2) is 53.4 Å². The van der Waals surface area contributed by atoms with Crippen LogP contribution in [0, 0.1) is 0 Å². The van der Waals surface area contributed by atoms with Gasteiger partial charge in [0.05, 0.1) is 11.5 Å². The van der Waals surface area contributed by atoms with Gasteiger partial charge in [0, 0.05) is 11.3 Å². The highest BCUT2D eigenvalue weighted by Crippen LogP contribution is 2.17. The van der Waals surface area contributed by atoms with Gasteiger partial charge in [0.1, 0.15) is 0 Å². The third-order valence-electron chi connectivity index (χ3n) is 3.43. The zero-order valence-electron chi connectivity index (χ0n) is 14.2. The first-order valence-electron chi connectivity index (χ1n) is 7.86. The lowest BCUT2D eigenvalue weighted by Gasteiger charge is -2.08. The van der Waals surface area contributed by atoms with Crippen molar-refractivity contribution in [3.63, 3.8) is 0 Å². The number of rotatable bonds is 7. The molecule has 0 saturated carbocycles. The summed E-state index contributed by atoms with van der Waals surface area (Å²) in [6.45, 7) is 3.79. The number of nitrogens with one attached hydrogen (secondary N) is 1. The highest BCUT2D eigenvalue weighted by Gasteiger charge is 2.14. The van der Waals surface area contributed by atoms with Crippen LogP contribution in [-0.2, 0) is 20.7 Å². The van der Waals surface area contributed by atoms with Crippen molar-refractivity contribution in [2.24, 2.45) is 0 Å². The fraction of sp³-hybridized carbons (Fsp3) is 0.278. The molecule has 0 aliphatic rings. The largest absolute Gasteiger partial charge is 0.870 e. The highest BCUT2D eigenvalue weighted by atomic mass is 32.2. The van der Waals surface area contributed by atoms with Crippen molar-refractivity contribution >= 4 is 21.7 Å². The van der Waals surface area contributed by atoms with E-state index in [0.717, 1.165) is 12.8 Å². The minimum absolute atomic E-state index is 0. The lowest BCUT2D eigenvalue weighted by atomic mass is 10.1. The Hall–Kier alpha value is -2.22. The molecule has 0 aliphatic carbocycles. The van der Waals surface area contributed by atoms with E-state index in [9.17, 15) is 13.2 Å². The van der Waals surface area contributed by atoms with Crippen molar-refractivity contribution < 1.29 is 22.9 Å². The Kier molecular flexibility index (Phi) is 7.76. The van der Waals surface area contributed by atoms with Crippen molar-refractivity contribution in [1.82, 2.24) is 0 Å². The molecule has 6 nitrogen and oxygen atoms in total. The molecule has 0 unspecified atom stereocenters. The number of aryl methyl sites for hydroxylation is 1. The molecule has 0 aliphatic heterocycles. The number of carbonyl (C=O) groups is 1. The maximum atomic E-state index is 12.2. The van der Waals surface area contributed by atoms with E-state index in [1.54, 1.807) is 19.1 Å². The van der Waals surface area contributed by atoms with Gasteiger partial charge in [-0.15, -0.1) is 0 Å². The van der Waals surface area contributed by atoms with Crippen LogP contribution >= 0.6 is 0 Å². The van der Waals surface area contributed by atoms with Gasteiger partial charge in [0.15, 0.2) is 0 Å². The van der Waals surface area contributed by atoms with Crippen LogP contribution < -0.4 is 5.32 Å². The molecule has 2 aromatic carbocycles. The quantitative estimate of drug-likeness (QED) is 0.758. The van der Waals surface area contributed by atoms with Gasteiger partial charge < -0.3 is 10.8 Å². The predicted molar refractivity (Wildman–Crippen MR) is 95.6 cm³/mol. The minimum Gasteiger partial charge on any atom is -0.870 e. The van der Waals surface area contributed by atoms with Crippen LogP contribution in [0.25, 0.3) is 0 Å². The number of anilines is 1. The second-order valence-electron chi connectivity index (χ2n) is 5.29. The second kappa shape index (κ2) is 9.31. The van der Waals surface area contributed by atoms with Gasteiger partial charge in [0.25, 0.3) is 16.0 Å². The molecule has 0 fully saturated rings. The van der Waals surface area contributed by atoms with E-state index in [1.165, 1.54) is 29.8 Å². The Morgan fingerprint density at radius 2 is 1.60 bits per heavy atom. The van der Waals surface area contributed by atoms with Crippen molar-refractivity contribution in [2.75, 3.05) is 11.9 Å². The van der Waals surface area contributed by atoms with Crippen LogP contribution in [0.1, 0.15) is 36.2 Å². The topological polar surface area (TPSA) is 102 Å². The molecule has 0 atom stereocenters. The van der Waals surface area contributed by atoms with Gasteiger partial charge >= 0.3 is 0 Å². The summed E-state index contributed by atoms with van der Waals surface area (Å²) in [7, 11) is -3.73. The van der Waals surface area contributed by atoms with Gasteiger partial charge in [-0.1, -0.05) is 25.5 Å². The third kappa shape index (κ3) is 5.67. The monoisotopic (exact) mass is 364 g/mol. The number of carbonyl (C=O) groups excluding carboxylic acids is 1. The SMILES string of the molecule is CCCc1ccc(C(=O)Nc2ccc(S(=O)(=O)OCC)cc2)cc1.[OH-]. The average molecular weight is 364 g/mol. The van der Waals surface area contributed by atoms with Crippen LogP contribution in [-0.4, -0.2) is 26.4 Å². The zero-order chi connectivity index (χ0) is 17.6. The Bertz CT molecular complexity index is 783. The molecule has 0 saturated heterocycles. The van der Waals surface area contributed by atoms with Crippen molar-refractivity contribution in [1.29, 1.82) is 0 Å².